The monoisotopic (exact) mass is 206 g/mol. The lowest BCUT2D eigenvalue weighted by Gasteiger charge is -2.23. The average molecular weight is 206 g/mol. The van der Waals surface area contributed by atoms with E-state index in [1.54, 1.807) is 0 Å². The zero-order valence-corrected chi connectivity index (χ0v) is 9.62. The first-order chi connectivity index (χ1) is 7.13. The number of rotatable bonds is 1. The van der Waals surface area contributed by atoms with Crippen molar-refractivity contribution in [1.29, 1.82) is 0 Å². The fourth-order valence-corrected chi connectivity index (χ4v) is 1.66. The SMILES string of the molecule is CC[C@]1(C)C=CC2=C(C=C1)OC(C)CO2. The molecule has 0 aromatic rings. The smallest absolute Gasteiger partial charge is 0.161 e. The van der Waals surface area contributed by atoms with Crippen LogP contribution >= 0.6 is 0 Å². The molecule has 2 aliphatic rings. The summed E-state index contributed by atoms with van der Waals surface area (Å²) in [7, 11) is 0. The Bertz CT molecular complexity index is 338. The van der Waals surface area contributed by atoms with Crippen molar-refractivity contribution in [2.24, 2.45) is 5.41 Å². The molecular formula is C13H18O2. The van der Waals surface area contributed by atoms with Crippen LogP contribution in [0.25, 0.3) is 0 Å². The van der Waals surface area contributed by atoms with Crippen molar-refractivity contribution in [3.8, 4) is 0 Å². The van der Waals surface area contributed by atoms with Crippen molar-refractivity contribution < 1.29 is 9.47 Å². The maximum absolute atomic E-state index is 5.72. The molecule has 0 spiro atoms. The minimum absolute atomic E-state index is 0.118. The number of hydrogen-bond donors (Lipinski definition) is 0. The van der Waals surface area contributed by atoms with Crippen molar-refractivity contribution >= 4 is 0 Å². The van der Waals surface area contributed by atoms with Crippen LogP contribution in [0.15, 0.2) is 35.8 Å². The second-order valence-electron chi connectivity index (χ2n) is 4.49. The Labute approximate surface area is 91.3 Å². The molecule has 0 saturated carbocycles. The molecule has 1 unspecified atom stereocenters. The van der Waals surface area contributed by atoms with Gasteiger partial charge in [0, 0.05) is 5.41 Å². The zero-order chi connectivity index (χ0) is 10.9. The summed E-state index contributed by atoms with van der Waals surface area (Å²) in [6, 6.07) is 0. The van der Waals surface area contributed by atoms with Gasteiger partial charge < -0.3 is 9.47 Å². The Balaban J connectivity index is 2.27. The average Bonchev–Trinajstić information content (AvgIpc) is 2.40. The molecule has 0 saturated heterocycles. The number of ether oxygens (including phenoxy) is 2. The lowest BCUT2D eigenvalue weighted by molar-refractivity contribution is 0.0189. The third-order valence-electron chi connectivity index (χ3n) is 3.04. The molecule has 0 aromatic heterocycles. The molecule has 0 bridgehead atoms. The molecule has 0 radical (unpaired) electrons. The molecule has 0 fully saturated rings. The standard InChI is InChI=1S/C13H18O2/c1-4-13(3)7-5-11-12(6-8-13)15-10(2)9-14-11/h5-8,10H,4,9H2,1-3H3/t10?,13-/m1/s1. The molecular weight excluding hydrogens is 188 g/mol. The highest BCUT2D eigenvalue weighted by Gasteiger charge is 2.22. The molecule has 2 rings (SSSR count). The van der Waals surface area contributed by atoms with Gasteiger partial charge in [0.25, 0.3) is 0 Å². The topological polar surface area (TPSA) is 18.5 Å². The Hall–Kier alpha value is -1.18. The maximum Gasteiger partial charge on any atom is 0.161 e. The fourth-order valence-electron chi connectivity index (χ4n) is 1.66. The van der Waals surface area contributed by atoms with E-state index in [1.807, 2.05) is 19.1 Å². The van der Waals surface area contributed by atoms with Crippen LogP contribution in [0.3, 0.4) is 0 Å². The Morgan fingerprint density at radius 2 is 2.00 bits per heavy atom. The summed E-state index contributed by atoms with van der Waals surface area (Å²) in [6.07, 6.45) is 9.67. The first-order valence-corrected chi connectivity index (χ1v) is 5.55. The van der Waals surface area contributed by atoms with Gasteiger partial charge in [0.15, 0.2) is 11.5 Å². The van der Waals surface area contributed by atoms with E-state index in [0.717, 1.165) is 17.9 Å². The lowest BCUT2D eigenvalue weighted by Crippen LogP contribution is -2.21. The van der Waals surface area contributed by atoms with Gasteiger partial charge in [-0.25, -0.2) is 0 Å². The summed E-state index contributed by atoms with van der Waals surface area (Å²) in [6.45, 7) is 7.05. The zero-order valence-electron chi connectivity index (χ0n) is 9.62. The van der Waals surface area contributed by atoms with Crippen LogP contribution in [0.1, 0.15) is 27.2 Å². The highest BCUT2D eigenvalue weighted by atomic mass is 16.6. The molecule has 82 valence electrons. The molecule has 0 amide bonds. The highest BCUT2D eigenvalue weighted by molar-refractivity contribution is 5.33. The predicted molar refractivity (Wildman–Crippen MR) is 60.2 cm³/mol. The van der Waals surface area contributed by atoms with Gasteiger partial charge in [-0.05, 0) is 25.5 Å². The molecule has 1 aliphatic carbocycles. The first kappa shape index (κ1) is 10.3. The van der Waals surface area contributed by atoms with Gasteiger partial charge in [-0.2, -0.15) is 0 Å². The molecule has 2 nitrogen and oxygen atoms in total. The first-order valence-electron chi connectivity index (χ1n) is 5.55. The second kappa shape index (κ2) is 3.76. The third-order valence-corrected chi connectivity index (χ3v) is 3.04. The van der Waals surface area contributed by atoms with Crippen molar-refractivity contribution in [3.63, 3.8) is 0 Å². The van der Waals surface area contributed by atoms with Crippen LogP contribution in [0, 0.1) is 5.41 Å². The van der Waals surface area contributed by atoms with Crippen LogP contribution in [-0.4, -0.2) is 12.7 Å². The van der Waals surface area contributed by atoms with Gasteiger partial charge in [0.2, 0.25) is 0 Å². The van der Waals surface area contributed by atoms with Crippen molar-refractivity contribution in [1.82, 2.24) is 0 Å². The van der Waals surface area contributed by atoms with Crippen LogP contribution in [-0.2, 0) is 9.47 Å². The van der Waals surface area contributed by atoms with E-state index in [0.29, 0.717) is 6.61 Å². The molecule has 0 N–H and O–H groups in total. The number of hydrogen-bond acceptors (Lipinski definition) is 2. The van der Waals surface area contributed by atoms with E-state index in [2.05, 4.69) is 26.0 Å². The van der Waals surface area contributed by atoms with Crippen LogP contribution in [0.2, 0.25) is 0 Å². The van der Waals surface area contributed by atoms with Gasteiger partial charge in [0.1, 0.15) is 12.7 Å². The maximum atomic E-state index is 5.72. The summed E-state index contributed by atoms with van der Waals surface area (Å²) >= 11 is 0. The van der Waals surface area contributed by atoms with Crippen LogP contribution < -0.4 is 0 Å². The quantitative estimate of drug-likeness (QED) is 0.656. The molecule has 0 aromatic carbocycles. The van der Waals surface area contributed by atoms with Gasteiger partial charge in [-0.3, -0.25) is 0 Å². The molecule has 2 heteroatoms. The van der Waals surface area contributed by atoms with E-state index < -0.39 is 0 Å². The molecule has 1 heterocycles. The Kier molecular flexibility index (Phi) is 2.59. The summed E-state index contributed by atoms with van der Waals surface area (Å²) in [5, 5.41) is 0. The van der Waals surface area contributed by atoms with Crippen molar-refractivity contribution in [2.45, 2.75) is 33.3 Å². The number of allylic oxidation sites excluding steroid dienone is 4. The lowest BCUT2D eigenvalue weighted by atomic mass is 9.87. The molecule has 15 heavy (non-hydrogen) atoms. The van der Waals surface area contributed by atoms with Crippen LogP contribution in [0.5, 0.6) is 0 Å². The minimum Gasteiger partial charge on any atom is -0.486 e. The largest absolute Gasteiger partial charge is 0.486 e. The molecule has 2 atom stereocenters. The van der Waals surface area contributed by atoms with Gasteiger partial charge in [-0.15, -0.1) is 0 Å². The normalized spacial score (nSPS) is 34.2. The Morgan fingerprint density at radius 1 is 1.33 bits per heavy atom. The Morgan fingerprint density at radius 3 is 2.67 bits per heavy atom. The highest BCUT2D eigenvalue weighted by Crippen LogP contribution is 2.31. The van der Waals surface area contributed by atoms with Crippen molar-refractivity contribution in [2.75, 3.05) is 6.61 Å². The third kappa shape index (κ3) is 2.09. The van der Waals surface area contributed by atoms with E-state index in [-0.39, 0.29) is 11.5 Å². The summed E-state index contributed by atoms with van der Waals surface area (Å²) in [5.41, 5.74) is 0.118. The van der Waals surface area contributed by atoms with Gasteiger partial charge in [0.05, 0.1) is 0 Å². The second-order valence-corrected chi connectivity index (χ2v) is 4.49. The summed E-state index contributed by atoms with van der Waals surface area (Å²) in [4.78, 5) is 0. The van der Waals surface area contributed by atoms with E-state index in [4.69, 9.17) is 9.47 Å². The van der Waals surface area contributed by atoms with E-state index in [1.165, 1.54) is 0 Å². The minimum atomic E-state index is 0.118. The van der Waals surface area contributed by atoms with E-state index >= 15 is 0 Å². The van der Waals surface area contributed by atoms with Gasteiger partial charge >= 0.3 is 0 Å². The van der Waals surface area contributed by atoms with Crippen LogP contribution in [0.4, 0.5) is 0 Å². The predicted octanol–water partition coefficient (Wildman–Crippen LogP) is 3.18. The summed E-state index contributed by atoms with van der Waals surface area (Å²) < 4.78 is 11.4. The van der Waals surface area contributed by atoms with Gasteiger partial charge in [-0.1, -0.05) is 26.0 Å². The fraction of sp³-hybridized carbons (Fsp3) is 0.538. The summed E-state index contributed by atoms with van der Waals surface area (Å²) in [5.74, 6) is 1.73. The molecule has 1 aliphatic heterocycles. The van der Waals surface area contributed by atoms with E-state index in [9.17, 15) is 0 Å². The van der Waals surface area contributed by atoms with Crippen molar-refractivity contribution in [3.05, 3.63) is 35.8 Å².